The third-order valence-electron chi connectivity index (χ3n) is 2.56. The summed E-state index contributed by atoms with van der Waals surface area (Å²) in [4.78, 5) is 4.97. The van der Waals surface area contributed by atoms with Crippen molar-refractivity contribution in [3.63, 3.8) is 0 Å². The molecule has 0 heterocycles. The van der Waals surface area contributed by atoms with E-state index in [-0.39, 0.29) is 6.10 Å². The van der Waals surface area contributed by atoms with Gasteiger partial charge in [-0.2, -0.15) is 0 Å². The Labute approximate surface area is 97.4 Å². The van der Waals surface area contributed by atoms with Crippen molar-refractivity contribution in [2.45, 2.75) is 65.4 Å². The summed E-state index contributed by atoms with van der Waals surface area (Å²) in [5.74, 6) is 0.593. The van der Waals surface area contributed by atoms with Gasteiger partial charge >= 0.3 is 0 Å². The highest BCUT2D eigenvalue weighted by Crippen LogP contribution is 2.19. The average Bonchev–Trinajstić information content (AvgIpc) is 2.27. The number of unbranched alkanes of at least 4 members (excludes halogenated alkanes) is 1. The molecule has 0 radical (unpaired) electrons. The van der Waals surface area contributed by atoms with Crippen molar-refractivity contribution < 1.29 is 25.3 Å². The second-order valence-electron chi connectivity index (χ2n) is 4.20. The Bertz CT molecular complexity index is 142. The van der Waals surface area contributed by atoms with Crippen LogP contribution in [0, 0.1) is 5.92 Å². The summed E-state index contributed by atoms with van der Waals surface area (Å²) >= 11 is 0. The summed E-state index contributed by atoms with van der Waals surface area (Å²) in [6.07, 6.45) is 6.44. The molecule has 5 nitrogen and oxygen atoms in total. The molecule has 0 aromatic carbocycles. The molecule has 2 unspecified atom stereocenters. The molecule has 2 atom stereocenters. The lowest BCUT2D eigenvalue weighted by atomic mass is 9.96. The van der Waals surface area contributed by atoms with Crippen LogP contribution in [0.5, 0.6) is 0 Å². The van der Waals surface area contributed by atoms with E-state index in [0.29, 0.717) is 5.92 Å². The minimum atomic E-state index is -0.0213. The van der Waals surface area contributed by atoms with Gasteiger partial charge < -0.3 is 0 Å². The highest BCUT2D eigenvalue weighted by atomic mass is 17.8. The smallest absolute Gasteiger partial charge is 0.0965 e. The van der Waals surface area contributed by atoms with E-state index in [2.05, 4.69) is 35.9 Å². The van der Waals surface area contributed by atoms with Crippen LogP contribution in [0.3, 0.4) is 0 Å². The van der Waals surface area contributed by atoms with Crippen molar-refractivity contribution in [3.05, 3.63) is 0 Å². The van der Waals surface area contributed by atoms with Crippen LogP contribution in [0.15, 0.2) is 0 Å². The molecule has 0 saturated heterocycles. The lowest BCUT2D eigenvalue weighted by Crippen LogP contribution is -2.17. The molecule has 0 amide bonds. The van der Waals surface area contributed by atoms with Gasteiger partial charge in [0.25, 0.3) is 0 Å². The third-order valence-corrected chi connectivity index (χ3v) is 2.56. The van der Waals surface area contributed by atoms with Crippen molar-refractivity contribution in [2.75, 3.05) is 0 Å². The number of rotatable bonds is 11. The first-order valence-electron chi connectivity index (χ1n) is 6.04. The van der Waals surface area contributed by atoms with Crippen LogP contribution in [-0.4, -0.2) is 11.4 Å². The predicted molar refractivity (Wildman–Crippen MR) is 59.0 cm³/mol. The van der Waals surface area contributed by atoms with Gasteiger partial charge in [0.1, 0.15) is 0 Å². The zero-order valence-corrected chi connectivity index (χ0v) is 10.5. The maximum Gasteiger partial charge on any atom is 0.0965 e. The molecule has 16 heavy (non-hydrogen) atoms. The standard InChI is InChI=1S/C11H24O5/c1-4-6-8-10(3)9-11(7-5-2)13-15-16-14-12/h10-12H,4-9H2,1-3H3. The molecule has 0 spiro atoms. The molecule has 98 valence electrons. The lowest BCUT2D eigenvalue weighted by molar-refractivity contribution is -0.707. The van der Waals surface area contributed by atoms with E-state index < -0.39 is 0 Å². The fourth-order valence-electron chi connectivity index (χ4n) is 1.73. The molecule has 0 bridgehead atoms. The van der Waals surface area contributed by atoms with Crippen LogP contribution in [0.25, 0.3) is 0 Å². The van der Waals surface area contributed by atoms with Crippen molar-refractivity contribution in [1.29, 1.82) is 0 Å². The van der Waals surface area contributed by atoms with Crippen molar-refractivity contribution in [1.82, 2.24) is 0 Å². The van der Waals surface area contributed by atoms with Crippen LogP contribution in [0.2, 0.25) is 0 Å². The van der Waals surface area contributed by atoms with Gasteiger partial charge in [0.2, 0.25) is 0 Å². The highest BCUT2D eigenvalue weighted by Gasteiger charge is 2.14. The summed E-state index contributed by atoms with van der Waals surface area (Å²) in [5.41, 5.74) is 0. The average molecular weight is 236 g/mol. The van der Waals surface area contributed by atoms with Gasteiger partial charge in [0.15, 0.2) is 0 Å². The Morgan fingerprint density at radius 2 is 1.81 bits per heavy atom. The van der Waals surface area contributed by atoms with Gasteiger partial charge in [-0.1, -0.05) is 46.5 Å². The Morgan fingerprint density at radius 1 is 1.06 bits per heavy atom. The number of hydrogen-bond donors (Lipinski definition) is 1. The molecule has 0 saturated carbocycles. The van der Waals surface area contributed by atoms with Crippen LogP contribution < -0.4 is 0 Å². The van der Waals surface area contributed by atoms with E-state index in [9.17, 15) is 0 Å². The molecule has 5 heteroatoms. The molecule has 0 aromatic heterocycles. The highest BCUT2D eigenvalue weighted by molar-refractivity contribution is 4.62. The van der Waals surface area contributed by atoms with Gasteiger partial charge in [-0.05, 0) is 33.9 Å². The summed E-state index contributed by atoms with van der Waals surface area (Å²) in [6.45, 7) is 6.46. The zero-order valence-electron chi connectivity index (χ0n) is 10.5. The molecule has 0 aliphatic heterocycles. The molecule has 0 fully saturated rings. The SMILES string of the molecule is CCCCC(C)CC(CCC)OOOOO. The molecule has 0 aliphatic rings. The summed E-state index contributed by atoms with van der Waals surface area (Å²) in [7, 11) is 0. The molecular weight excluding hydrogens is 212 g/mol. The monoisotopic (exact) mass is 236 g/mol. The van der Waals surface area contributed by atoms with Crippen LogP contribution in [-0.2, 0) is 20.0 Å². The summed E-state index contributed by atoms with van der Waals surface area (Å²) in [6, 6.07) is 0. The number of hydrogen-bond acceptors (Lipinski definition) is 5. The van der Waals surface area contributed by atoms with Crippen LogP contribution in [0.1, 0.15) is 59.3 Å². The van der Waals surface area contributed by atoms with Crippen LogP contribution in [0.4, 0.5) is 0 Å². The van der Waals surface area contributed by atoms with Gasteiger partial charge in [0, 0.05) is 0 Å². The van der Waals surface area contributed by atoms with E-state index in [1.165, 1.54) is 19.3 Å². The van der Waals surface area contributed by atoms with E-state index in [4.69, 9.17) is 10.1 Å². The van der Waals surface area contributed by atoms with E-state index in [1.54, 1.807) is 0 Å². The Balaban J connectivity index is 3.72. The van der Waals surface area contributed by atoms with Gasteiger partial charge in [-0.15, -0.1) is 0 Å². The third kappa shape index (κ3) is 9.06. The minimum Gasteiger partial charge on any atom is -0.219 e. The molecular formula is C11H24O5. The molecule has 0 rings (SSSR count). The molecule has 0 aliphatic carbocycles. The largest absolute Gasteiger partial charge is 0.219 e. The van der Waals surface area contributed by atoms with E-state index >= 15 is 0 Å². The normalized spacial score (nSPS) is 15.0. The second kappa shape index (κ2) is 11.3. The second-order valence-corrected chi connectivity index (χ2v) is 4.20. The first-order chi connectivity index (χ1) is 7.74. The summed E-state index contributed by atoms with van der Waals surface area (Å²) < 4.78 is 0. The summed E-state index contributed by atoms with van der Waals surface area (Å²) in [5, 5.41) is 19.2. The fourth-order valence-corrected chi connectivity index (χ4v) is 1.73. The topological polar surface area (TPSA) is 57.2 Å². The first kappa shape index (κ1) is 15.8. The van der Waals surface area contributed by atoms with Crippen molar-refractivity contribution >= 4 is 0 Å². The maximum absolute atomic E-state index is 7.88. The van der Waals surface area contributed by atoms with Gasteiger partial charge in [-0.3, -0.25) is 0 Å². The Morgan fingerprint density at radius 3 is 2.38 bits per heavy atom. The van der Waals surface area contributed by atoms with E-state index in [1.807, 2.05) is 0 Å². The zero-order chi connectivity index (χ0) is 12.2. The van der Waals surface area contributed by atoms with Crippen molar-refractivity contribution in [2.24, 2.45) is 5.92 Å². The quantitative estimate of drug-likeness (QED) is 0.337. The van der Waals surface area contributed by atoms with E-state index in [0.717, 1.165) is 19.3 Å². The van der Waals surface area contributed by atoms with Gasteiger partial charge in [-0.25, -0.2) is 10.1 Å². The van der Waals surface area contributed by atoms with Crippen molar-refractivity contribution in [3.8, 4) is 0 Å². The Hall–Kier alpha value is -0.200. The minimum absolute atomic E-state index is 0.0213. The predicted octanol–water partition coefficient (Wildman–Crippen LogP) is 3.66. The molecule has 1 N–H and O–H groups in total. The Kier molecular flexibility index (Phi) is 11.1. The van der Waals surface area contributed by atoms with Crippen LogP contribution >= 0.6 is 0 Å². The fraction of sp³-hybridized carbons (Fsp3) is 1.00. The maximum atomic E-state index is 7.88. The lowest BCUT2D eigenvalue weighted by Gasteiger charge is -2.18. The van der Waals surface area contributed by atoms with Gasteiger partial charge in [0.05, 0.1) is 6.10 Å². The first-order valence-corrected chi connectivity index (χ1v) is 6.04. The molecule has 0 aromatic rings.